The van der Waals surface area contributed by atoms with Crippen LogP contribution in [0.3, 0.4) is 0 Å². The number of rotatable bonds is 20. The third kappa shape index (κ3) is 17.5. The summed E-state index contributed by atoms with van der Waals surface area (Å²) in [5, 5.41) is 0. The molecule has 0 aromatic carbocycles. The van der Waals surface area contributed by atoms with Crippen LogP contribution in [0.15, 0.2) is 0 Å². The van der Waals surface area contributed by atoms with Gasteiger partial charge in [-0.05, 0) is 25.4 Å². The minimum absolute atomic E-state index is 0.696. The Hall–Kier alpha value is 0.137. The van der Waals surface area contributed by atoms with E-state index in [2.05, 4.69) is 33.9 Å². The van der Waals surface area contributed by atoms with Crippen LogP contribution in [0.5, 0.6) is 0 Å². The van der Waals surface area contributed by atoms with Crippen molar-refractivity contribution >= 4 is 8.56 Å². The molecule has 0 aromatic rings. The molecule has 3 heteroatoms. The van der Waals surface area contributed by atoms with Gasteiger partial charge >= 0.3 is 8.56 Å². The summed E-state index contributed by atoms with van der Waals surface area (Å²) in [5.74, 6) is 0.696. The second-order valence-electron chi connectivity index (χ2n) is 8.48. The number of hydrogen-bond acceptors (Lipinski definition) is 2. The number of hydrogen-bond donors (Lipinski definition) is 0. The second-order valence-corrected chi connectivity index (χ2v) is 11.9. The molecule has 0 saturated heterocycles. The van der Waals surface area contributed by atoms with Crippen molar-refractivity contribution in [3.8, 4) is 0 Å². The van der Waals surface area contributed by atoms with E-state index in [1.165, 1.54) is 96.3 Å². The van der Waals surface area contributed by atoms with Gasteiger partial charge in [-0.15, -0.1) is 0 Å². The lowest BCUT2D eigenvalue weighted by molar-refractivity contribution is 0.148. The van der Waals surface area contributed by atoms with Gasteiger partial charge in [0.1, 0.15) is 0 Å². The highest BCUT2D eigenvalue weighted by molar-refractivity contribution is 6.64. The van der Waals surface area contributed by atoms with Gasteiger partial charge in [0.05, 0.1) is 0 Å². The first-order valence-corrected chi connectivity index (χ1v) is 14.6. The fourth-order valence-corrected chi connectivity index (χ4v) is 4.68. The van der Waals surface area contributed by atoms with Crippen LogP contribution in [0, 0.1) is 5.92 Å². The molecule has 0 spiro atoms. The molecule has 0 atom stereocenters. The molecule has 26 heavy (non-hydrogen) atoms. The molecule has 158 valence electrons. The predicted molar refractivity (Wildman–Crippen MR) is 119 cm³/mol. The molecule has 0 bridgehead atoms. The van der Waals surface area contributed by atoms with Crippen molar-refractivity contribution in [3.63, 3.8) is 0 Å². The van der Waals surface area contributed by atoms with Gasteiger partial charge in [-0.3, -0.25) is 0 Å². The van der Waals surface area contributed by atoms with Gasteiger partial charge in [-0.25, -0.2) is 0 Å². The molecule has 0 rings (SSSR count). The van der Waals surface area contributed by atoms with Gasteiger partial charge in [0.15, 0.2) is 0 Å². The van der Waals surface area contributed by atoms with E-state index < -0.39 is 8.56 Å². The molecule has 0 aliphatic heterocycles. The van der Waals surface area contributed by atoms with Crippen LogP contribution < -0.4 is 0 Å². The third-order valence-electron chi connectivity index (χ3n) is 5.52. The van der Waals surface area contributed by atoms with Gasteiger partial charge in [-0.1, -0.05) is 111 Å². The highest BCUT2D eigenvalue weighted by Crippen LogP contribution is 2.15. The van der Waals surface area contributed by atoms with Gasteiger partial charge in [0.2, 0.25) is 0 Å². The summed E-state index contributed by atoms with van der Waals surface area (Å²) in [7, 11) is -1.90. The quantitative estimate of drug-likeness (QED) is 0.155. The SMILES string of the molecule is CCCCCCCCCCCCCCCO[Si](C)(C)OCC(CC)CC. The van der Waals surface area contributed by atoms with Crippen molar-refractivity contribution in [2.45, 2.75) is 130 Å². The summed E-state index contributed by atoms with van der Waals surface area (Å²) in [6, 6.07) is 0. The lowest BCUT2D eigenvalue weighted by Crippen LogP contribution is -2.36. The van der Waals surface area contributed by atoms with Crippen molar-refractivity contribution in [2.24, 2.45) is 5.92 Å². The van der Waals surface area contributed by atoms with Crippen LogP contribution in [0.4, 0.5) is 0 Å². The Morgan fingerprint density at radius 1 is 0.577 bits per heavy atom. The second kappa shape index (κ2) is 18.5. The molecule has 0 amide bonds. The van der Waals surface area contributed by atoms with Gasteiger partial charge in [0, 0.05) is 13.2 Å². The van der Waals surface area contributed by atoms with E-state index in [9.17, 15) is 0 Å². The molecule has 0 aromatic heterocycles. The first kappa shape index (κ1) is 26.1. The topological polar surface area (TPSA) is 18.5 Å². The predicted octanol–water partition coefficient (Wildman–Crippen LogP) is 8.25. The largest absolute Gasteiger partial charge is 0.395 e. The average molecular weight is 387 g/mol. The highest BCUT2D eigenvalue weighted by Gasteiger charge is 2.25. The standard InChI is InChI=1S/C23H50O2Si/c1-6-9-10-11-12-13-14-15-16-17-18-19-20-21-24-26(4,5)25-22-23(7-2)8-3/h23H,6-22H2,1-5H3. The monoisotopic (exact) mass is 386 g/mol. The zero-order valence-corrected chi connectivity index (χ0v) is 19.9. The maximum atomic E-state index is 6.10. The van der Waals surface area contributed by atoms with Crippen LogP contribution >= 0.6 is 0 Å². The molecular formula is C23H50O2Si. The summed E-state index contributed by atoms with van der Waals surface area (Å²) in [4.78, 5) is 0. The van der Waals surface area contributed by atoms with E-state index in [4.69, 9.17) is 8.85 Å². The molecule has 0 fully saturated rings. The molecule has 0 aliphatic carbocycles. The number of unbranched alkanes of at least 4 members (excludes halogenated alkanes) is 12. The Labute approximate surface area is 167 Å². The maximum Gasteiger partial charge on any atom is 0.331 e. The average Bonchev–Trinajstić information content (AvgIpc) is 2.62. The maximum absolute atomic E-state index is 6.10. The van der Waals surface area contributed by atoms with Crippen LogP contribution in [0.1, 0.15) is 117 Å². The summed E-state index contributed by atoms with van der Waals surface area (Å²) < 4.78 is 12.2. The van der Waals surface area contributed by atoms with Crippen LogP contribution in [-0.2, 0) is 8.85 Å². The molecule has 0 aliphatic rings. The molecule has 0 N–H and O–H groups in total. The minimum Gasteiger partial charge on any atom is -0.395 e. The summed E-state index contributed by atoms with van der Waals surface area (Å²) in [6.07, 6.45) is 20.6. The fraction of sp³-hybridized carbons (Fsp3) is 1.00. The lowest BCUT2D eigenvalue weighted by Gasteiger charge is -2.25. The van der Waals surface area contributed by atoms with Gasteiger partial charge in [-0.2, -0.15) is 0 Å². The minimum atomic E-state index is -1.90. The summed E-state index contributed by atoms with van der Waals surface area (Å²) in [5.41, 5.74) is 0. The fourth-order valence-electron chi connectivity index (χ4n) is 3.32. The third-order valence-corrected chi connectivity index (χ3v) is 7.28. The van der Waals surface area contributed by atoms with Crippen molar-refractivity contribution in [1.82, 2.24) is 0 Å². The van der Waals surface area contributed by atoms with E-state index >= 15 is 0 Å². The first-order valence-electron chi connectivity index (χ1n) is 11.8. The Bertz CT molecular complexity index is 277. The van der Waals surface area contributed by atoms with Crippen LogP contribution in [0.2, 0.25) is 13.1 Å². The molecular weight excluding hydrogens is 336 g/mol. The van der Waals surface area contributed by atoms with Crippen molar-refractivity contribution < 1.29 is 8.85 Å². The zero-order chi connectivity index (χ0) is 19.5. The van der Waals surface area contributed by atoms with E-state index in [0.29, 0.717) is 5.92 Å². The lowest BCUT2D eigenvalue weighted by atomic mass is 10.0. The van der Waals surface area contributed by atoms with E-state index in [1.807, 2.05) is 0 Å². The van der Waals surface area contributed by atoms with Gasteiger partial charge < -0.3 is 8.85 Å². The molecule has 0 radical (unpaired) electrons. The van der Waals surface area contributed by atoms with Crippen molar-refractivity contribution in [3.05, 3.63) is 0 Å². The normalized spacial score (nSPS) is 12.2. The summed E-state index contributed by atoms with van der Waals surface area (Å²) in [6.45, 7) is 12.9. The Morgan fingerprint density at radius 3 is 1.42 bits per heavy atom. The molecule has 0 unspecified atom stereocenters. The van der Waals surface area contributed by atoms with Crippen molar-refractivity contribution in [1.29, 1.82) is 0 Å². The van der Waals surface area contributed by atoms with Gasteiger partial charge in [0.25, 0.3) is 0 Å². The Kier molecular flexibility index (Phi) is 18.6. The molecule has 0 saturated carbocycles. The van der Waals surface area contributed by atoms with E-state index in [0.717, 1.165) is 13.2 Å². The van der Waals surface area contributed by atoms with Crippen molar-refractivity contribution in [2.75, 3.05) is 13.2 Å². The zero-order valence-electron chi connectivity index (χ0n) is 18.9. The van der Waals surface area contributed by atoms with Crippen LogP contribution in [0.25, 0.3) is 0 Å². The summed E-state index contributed by atoms with van der Waals surface area (Å²) >= 11 is 0. The molecule has 2 nitrogen and oxygen atoms in total. The Morgan fingerprint density at radius 2 is 1.00 bits per heavy atom. The van der Waals surface area contributed by atoms with E-state index in [-0.39, 0.29) is 0 Å². The van der Waals surface area contributed by atoms with E-state index in [1.54, 1.807) is 0 Å². The molecule has 0 heterocycles. The first-order chi connectivity index (χ1) is 12.6. The van der Waals surface area contributed by atoms with Crippen LogP contribution in [-0.4, -0.2) is 21.8 Å². The smallest absolute Gasteiger partial charge is 0.331 e. The highest BCUT2D eigenvalue weighted by atomic mass is 28.4. The Balaban J connectivity index is 3.34.